The number of nitrogens with zero attached hydrogens (tertiary/aromatic N) is 5. The number of anilines is 1. The number of nitrogens with one attached hydrogen (secondary N) is 1. The molecule has 3 N–H and O–H groups in total. The lowest BCUT2D eigenvalue weighted by Crippen LogP contribution is -2.11. The second-order valence-electron chi connectivity index (χ2n) is 3.15. The third-order valence-corrected chi connectivity index (χ3v) is 3.07. The van der Waals surface area contributed by atoms with Gasteiger partial charge in [0.25, 0.3) is 0 Å². The van der Waals surface area contributed by atoms with Crippen molar-refractivity contribution in [2.24, 2.45) is 12.9 Å². The molecule has 0 unspecified atom stereocenters. The highest BCUT2D eigenvalue weighted by molar-refractivity contribution is 7.99. The number of nitrogen functional groups attached to an aromatic ring is 1. The third-order valence-electron chi connectivity index (χ3n) is 1.91. The summed E-state index contributed by atoms with van der Waals surface area (Å²) < 4.78 is 1.82. The van der Waals surface area contributed by atoms with E-state index < -0.39 is 0 Å². The molecule has 7 nitrogen and oxygen atoms in total. The Morgan fingerprint density at radius 2 is 2.31 bits per heavy atom. The van der Waals surface area contributed by atoms with Gasteiger partial charge >= 0.3 is 0 Å². The lowest BCUT2D eigenvalue weighted by molar-refractivity contribution is 0.786. The Kier molecular flexibility index (Phi) is 3.02. The summed E-state index contributed by atoms with van der Waals surface area (Å²) in [7, 11) is 1.88. The normalized spacial score (nSPS) is 10.4. The van der Waals surface area contributed by atoms with Gasteiger partial charge in [0.1, 0.15) is 11.4 Å². The molecule has 0 atom stereocenters. The zero-order valence-corrected chi connectivity index (χ0v) is 9.69. The van der Waals surface area contributed by atoms with Crippen LogP contribution in [0.4, 0.5) is 5.95 Å². The van der Waals surface area contributed by atoms with Crippen molar-refractivity contribution in [3.8, 4) is 0 Å². The number of hydrogen-bond acceptors (Lipinski definition) is 7. The number of rotatable bonds is 3. The van der Waals surface area contributed by atoms with E-state index in [-0.39, 0.29) is 0 Å². The van der Waals surface area contributed by atoms with E-state index >= 15 is 0 Å². The molecule has 0 bridgehead atoms. The quantitative estimate of drug-likeness (QED) is 0.452. The first-order valence-corrected chi connectivity index (χ1v) is 5.34. The molecule has 0 amide bonds. The fourth-order valence-electron chi connectivity index (χ4n) is 1.05. The van der Waals surface area contributed by atoms with Gasteiger partial charge in [-0.05, 0) is 18.7 Å². The maximum absolute atomic E-state index is 5.25. The fraction of sp³-hybridized carbons (Fsp3) is 0.250. The van der Waals surface area contributed by atoms with E-state index in [4.69, 9.17) is 5.84 Å². The second kappa shape index (κ2) is 4.45. The minimum atomic E-state index is 0.385. The molecule has 8 heteroatoms. The lowest BCUT2D eigenvalue weighted by Gasteiger charge is -2.05. The van der Waals surface area contributed by atoms with Gasteiger partial charge in [-0.15, -0.1) is 10.2 Å². The second-order valence-corrected chi connectivity index (χ2v) is 4.11. The van der Waals surface area contributed by atoms with E-state index in [1.807, 2.05) is 18.5 Å². The smallest absolute Gasteiger partial charge is 0.238 e. The lowest BCUT2D eigenvalue weighted by atomic mass is 10.4. The van der Waals surface area contributed by atoms with E-state index in [1.54, 1.807) is 12.5 Å². The maximum Gasteiger partial charge on any atom is 0.238 e. The first kappa shape index (κ1) is 10.8. The van der Waals surface area contributed by atoms with Gasteiger partial charge < -0.3 is 4.57 Å². The molecular weight excluding hydrogens is 226 g/mol. The minimum absolute atomic E-state index is 0.385. The number of hydrogen-bond donors (Lipinski definition) is 2. The van der Waals surface area contributed by atoms with Crippen LogP contribution in [0, 0.1) is 6.92 Å². The molecule has 2 rings (SSSR count). The molecule has 0 aliphatic carbocycles. The number of aryl methyl sites for hydroxylation is 2. The average molecular weight is 237 g/mol. The first-order valence-electron chi connectivity index (χ1n) is 4.53. The number of aromatic nitrogens is 5. The molecule has 16 heavy (non-hydrogen) atoms. The summed E-state index contributed by atoms with van der Waals surface area (Å²) in [6.07, 6.45) is 3.35. The standard InChI is InChI=1S/C8H11N7S/c1-5-3-10-7(13-9)12-6(5)16-8-14-11-4-15(8)2/h3-4H,9H2,1-2H3,(H,10,12,13). The van der Waals surface area contributed by atoms with Gasteiger partial charge in [-0.3, -0.25) is 5.43 Å². The summed E-state index contributed by atoms with van der Waals surface area (Å²) in [5.74, 6) is 5.64. The highest BCUT2D eigenvalue weighted by Crippen LogP contribution is 2.26. The topological polar surface area (TPSA) is 94.5 Å². The van der Waals surface area contributed by atoms with Gasteiger partial charge in [-0.2, -0.15) is 0 Å². The van der Waals surface area contributed by atoms with E-state index in [2.05, 4.69) is 25.6 Å². The predicted octanol–water partition coefficient (Wildman–Crippen LogP) is 0.350. The van der Waals surface area contributed by atoms with Crippen LogP contribution < -0.4 is 11.3 Å². The van der Waals surface area contributed by atoms with Crippen LogP contribution in [0.1, 0.15) is 5.56 Å². The van der Waals surface area contributed by atoms with Crippen LogP contribution in [0.2, 0.25) is 0 Å². The first-order chi connectivity index (χ1) is 7.70. The van der Waals surface area contributed by atoms with Crippen LogP contribution in [0.25, 0.3) is 0 Å². The van der Waals surface area contributed by atoms with Crippen LogP contribution in [0.15, 0.2) is 22.7 Å². The van der Waals surface area contributed by atoms with Crippen LogP contribution in [-0.2, 0) is 7.05 Å². The Morgan fingerprint density at radius 3 is 2.94 bits per heavy atom. The third kappa shape index (κ3) is 2.12. The SMILES string of the molecule is Cc1cnc(NN)nc1Sc1nncn1C. The Bertz CT molecular complexity index is 495. The zero-order chi connectivity index (χ0) is 11.5. The van der Waals surface area contributed by atoms with Gasteiger partial charge in [-0.25, -0.2) is 15.8 Å². The molecule has 2 heterocycles. The van der Waals surface area contributed by atoms with Crippen LogP contribution in [-0.4, -0.2) is 24.7 Å². The maximum atomic E-state index is 5.25. The fourth-order valence-corrected chi connectivity index (χ4v) is 1.85. The van der Waals surface area contributed by atoms with Crippen molar-refractivity contribution in [3.63, 3.8) is 0 Å². The summed E-state index contributed by atoms with van der Waals surface area (Å²) in [5.41, 5.74) is 3.38. The molecule has 2 aromatic heterocycles. The van der Waals surface area contributed by atoms with Crippen LogP contribution in [0.3, 0.4) is 0 Å². The monoisotopic (exact) mass is 237 g/mol. The summed E-state index contributed by atoms with van der Waals surface area (Å²) >= 11 is 1.42. The molecule has 0 aliphatic rings. The molecule has 0 saturated carbocycles. The van der Waals surface area contributed by atoms with Gasteiger partial charge in [0.15, 0.2) is 5.16 Å². The molecular formula is C8H11N7S. The van der Waals surface area contributed by atoms with Crippen molar-refractivity contribution in [2.75, 3.05) is 5.43 Å². The van der Waals surface area contributed by atoms with E-state index in [0.717, 1.165) is 15.7 Å². The number of nitrogens with two attached hydrogens (primary N) is 1. The summed E-state index contributed by atoms with van der Waals surface area (Å²) in [4.78, 5) is 8.25. The van der Waals surface area contributed by atoms with Gasteiger partial charge in [0.05, 0.1) is 0 Å². The van der Waals surface area contributed by atoms with Crippen molar-refractivity contribution in [1.82, 2.24) is 24.7 Å². The Balaban J connectivity index is 2.30. The van der Waals surface area contributed by atoms with Crippen molar-refractivity contribution in [2.45, 2.75) is 17.1 Å². The average Bonchev–Trinajstić information content (AvgIpc) is 2.68. The van der Waals surface area contributed by atoms with Crippen molar-refractivity contribution < 1.29 is 0 Å². The molecule has 0 aromatic carbocycles. The molecule has 2 aromatic rings. The molecule has 0 radical (unpaired) electrons. The molecule has 0 aliphatic heterocycles. The van der Waals surface area contributed by atoms with Crippen molar-refractivity contribution in [1.29, 1.82) is 0 Å². The highest BCUT2D eigenvalue weighted by Gasteiger charge is 2.09. The predicted molar refractivity (Wildman–Crippen MR) is 59.7 cm³/mol. The molecule has 84 valence electrons. The van der Waals surface area contributed by atoms with Crippen molar-refractivity contribution >= 4 is 17.7 Å². The Morgan fingerprint density at radius 1 is 1.50 bits per heavy atom. The van der Waals surface area contributed by atoms with Gasteiger partial charge in [0, 0.05) is 18.8 Å². The van der Waals surface area contributed by atoms with E-state index in [0.29, 0.717) is 5.95 Å². The largest absolute Gasteiger partial charge is 0.311 e. The van der Waals surface area contributed by atoms with Gasteiger partial charge in [0.2, 0.25) is 5.95 Å². The zero-order valence-electron chi connectivity index (χ0n) is 8.88. The Hall–Kier alpha value is -1.67. The summed E-state index contributed by atoms with van der Waals surface area (Å²) in [6, 6.07) is 0. The molecule has 0 saturated heterocycles. The highest BCUT2D eigenvalue weighted by atomic mass is 32.2. The van der Waals surface area contributed by atoms with Crippen LogP contribution in [0.5, 0.6) is 0 Å². The molecule has 0 fully saturated rings. The molecule has 0 spiro atoms. The summed E-state index contributed by atoms with van der Waals surface area (Å²) in [6.45, 7) is 1.93. The van der Waals surface area contributed by atoms with E-state index in [9.17, 15) is 0 Å². The minimum Gasteiger partial charge on any atom is -0.311 e. The van der Waals surface area contributed by atoms with E-state index in [1.165, 1.54) is 11.8 Å². The summed E-state index contributed by atoms with van der Waals surface area (Å²) in [5, 5.41) is 9.34. The number of hydrazine groups is 1. The van der Waals surface area contributed by atoms with Gasteiger partial charge in [-0.1, -0.05) is 0 Å². The Labute approximate surface area is 96.5 Å². The van der Waals surface area contributed by atoms with Crippen molar-refractivity contribution in [3.05, 3.63) is 18.1 Å². The van der Waals surface area contributed by atoms with Crippen LogP contribution >= 0.6 is 11.8 Å².